The van der Waals surface area contributed by atoms with Gasteiger partial charge in [-0.05, 0) is 30.0 Å². The molecule has 0 saturated carbocycles. The number of nitrogen functional groups attached to an aromatic ring is 1. The Morgan fingerprint density at radius 2 is 2.19 bits per heavy atom. The van der Waals surface area contributed by atoms with Crippen LogP contribution in [0.2, 0.25) is 0 Å². The molecule has 0 spiro atoms. The number of anilines is 1. The molecule has 1 aromatic carbocycles. The number of rotatable bonds is 6. The van der Waals surface area contributed by atoms with E-state index in [4.69, 9.17) is 5.84 Å². The minimum atomic E-state index is -0.562. The molecule has 0 unspecified atom stereocenters. The smallest absolute Gasteiger partial charge is 0.293 e. The Bertz CT molecular complexity index is 643. The molecular weight excluding hydrogens is 292 g/mol. The van der Waals surface area contributed by atoms with Gasteiger partial charge in [0.1, 0.15) is 5.69 Å². The highest BCUT2D eigenvalue weighted by Crippen LogP contribution is 2.24. The van der Waals surface area contributed by atoms with Crippen LogP contribution < -0.4 is 16.6 Å². The van der Waals surface area contributed by atoms with Crippen LogP contribution in [-0.2, 0) is 6.42 Å². The molecule has 0 bridgehead atoms. The van der Waals surface area contributed by atoms with E-state index in [2.05, 4.69) is 10.7 Å². The third-order valence-corrected chi connectivity index (χ3v) is 3.78. The van der Waals surface area contributed by atoms with Gasteiger partial charge in [-0.2, -0.15) is 0 Å². The maximum Gasteiger partial charge on any atom is 0.293 e. The molecule has 0 atom stereocenters. The van der Waals surface area contributed by atoms with E-state index in [0.717, 1.165) is 6.42 Å². The molecule has 0 saturated heterocycles. The summed E-state index contributed by atoms with van der Waals surface area (Å²) < 4.78 is 0. The highest BCUT2D eigenvalue weighted by molar-refractivity contribution is 7.09. The SMILES string of the molecule is NNc1cc(C(=O)NCCc2cccs2)ccc1[N+](=O)[O-]. The van der Waals surface area contributed by atoms with E-state index >= 15 is 0 Å². The number of nitrogens with two attached hydrogens (primary N) is 1. The number of hydrazine groups is 1. The normalized spacial score (nSPS) is 10.1. The predicted molar refractivity (Wildman–Crippen MR) is 81.3 cm³/mol. The van der Waals surface area contributed by atoms with Crippen LogP contribution in [0.1, 0.15) is 15.2 Å². The van der Waals surface area contributed by atoms with Gasteiger partial charge in [0.25, 0.3) is 11.6 Å². The number of nitrogens with zero attached hydrogens (tertiary/aromatic N) is 1. The first-order valence-electron chi connectivity index (χ1n) is 6.17. The molecule has 2 rings (SSSR count). The van der Waals surface area contributed by atoms with E-state index in [1.165, 1.54) is 23.1 Å². The minimum Gasteiger partial charge on any atom is -0.352 e. The van der Waals surface area contributed by atoms with Crippen LogP contribution in [0.25, 0.3) is 0 Å². The number of nitro benzene ring substituents is 1. The standard InChI is InChI=1S/C13H14N4O3S/c14-16-11-8-9(3-4-12(11)17(19)20)13(18)15-6-5-10-2-1-7-21-10/h1-4,7-8,16H,5-6,14H2,(H,15,18). The van der Waals surface area contributed by atoms with Crippen LogP contribution in [0.3, 0.4) is 0 Å². The second-order valence-electron chi connectivity index (χ2n) is 4.22. The van der Waals surface area contributed by atoms with E-state index < -0.39 is 4.92 Å². The van der Waals surface area contributed by atoms with Crippen LogP contribution >= 0.6 is 11.3 Å². The zero-order valence-corrected chi connectivity index (χ0v) is 11.9. The zero-order valence-electron chi connectivity index (χ0n) is 11.0. The van der Waals surface area contributed by atoms with Crippen molar-refractivity contribution in [2.75, 3.05) is 12.0 Å². The van der Waals surface area contributed by atoms with Crippen LogP contribution in [-0.4, -0.2) is 17.4 Å². The van der Waals surface area contributed by atoms with Gasteiger partial charge in [0.2, 0.25) is 0 Å². The summed E-state index contributed by atoms with van der Waals surface area (Å²) in [7, 11) is 0. The summed E-state index contributed by atoms with van der Waals surface area (Å²) in [6.07, 6.45) is 0.748. The number of thiophene rings is 1. The molecule has 0 aliphatic heterocycles. The number of nitrogens with one attached hydrogen (secondary N) is 2. The molecule has 0 fully saturated rings. The average molecular weight is 306 g/mol. The van der Waals surface area contributed by atoms with Crippen LogP contribution in [0.5, 0.6) is 0 Å². The lowest BCUT2D eigenvalue weighted by atomic mass is 10.1. The highest BCUT2D eigenvalue weighted by Gasteiger charge is 2.15. The number of hydrogen-bond acceptors (Lipinski definition) is 6. The van der Waals surface area contributed by atoms with Crippen molar-refractivity contribution < 1.29 is 9.72 Å². The van der Waals surface area contributed by atoms with Gasteiger partial charge in [-0.3, -0.25) is 20.8 Å². The first-order valence-corrected chi connectivity index (χ1v) is 7.05. The van der Waals surface area contributed by atoms with Gasteiger partial charge in [0.05, 0.1) is 4.92 Å². The second-order valence-corrected chi connectivity index (χ2v) is 5.25. The van der Waals surface area contributed by atoms with Gasteiger partial charge in [-0.1, -0.05) is 6.07 Å². The van der Waals surface area contributed by atoms with Crippen molar-refractivity contribution in [3.63, 3.8) is 0 Å². The van der Waals surface area contributed by atoms with Gasteiger partial charge < -0.3 is 10.7 Å². The molecule has 110 valence electrons. The summed E-state index contributed by atoms with van der Waals surface area (Å²) in [5, 5.41) is 15.5. The molecule has 2 aromatic rings. The van der Waals surface area contributed by atoms with Crippen molar-refractivity contribution in [3.8, 4) is 0 Å². The quantitative estimate of drug-likeness (QED) is 0.429. The first-order chi connectivity index (χ1) is 10.1. The molecule has 21 heavy (non-hydrogen) atoms. The monoisotopic (exact) mass is 306 g/mol. The summed E-state index contributed by atoms with van der Waals surface area (Å²) in [5.74, 6) is 4.94. The van der Waals surface area contributed by atoms with Crippen molar-refractivity contribution >= 4 is 28.6 Å². The lowest BCUT2D eigenvalue weighted by Gasteiger charge is -2.07. The molecule has 1 aromatic heterocycles. The molecule has 7 nitrogen and oxygen atoms in total. The highest BCUT2D eigenvalue weighted by atomic mass is 32.1. The summed E-state index contributed by atoms with van der Waals surface area (Å²) in [6, 6.07) is 7.97. The van der Waals surface area contributed by atoms with E-state index in [0.29, 0.717) is 12.1 Å². The van der Waals surface area contributed by atoms with Gasteiger partial charge in [0.15, 0.2) is 0 Å². The molecule has 1 heterocycles. The average Bonchev–Trinajstić information content (AvgIpc) is 2.99. The summed E-state index contributed by atoms with van der Waals surface area (Å²) in [5.41, 5.74) is 2.48. The lowest BCUT2D eigenvalue weighted by Crippen LogP contribution is -2.25. The Labute approximate surface area is 124 Å². The molecule has 8 heteroatoms. The number of hydrogen-bond donors (Lipinski definition) is 3. The largest absolute Gasteiger partial charge is 0.352 e. The second kappa shape index (κ2) is 6.82. The summed E-state index contributed by atoms with van der Waals surface area (Å²) >= 11 is 1.63. The Morgan fingerprint density at radius 3 is 2.81 bits per heavy atom. The molecule has 0 aliphatic rings. The minimum absolute atomic E-state index is 0.103. The maximum atomic E-state index is 12.0. The van der Waals surface area contributed by atoms with E-state index in [1.54, 1.807) is 11.3 Å². The lowest BCUT2D eigenvalue weighted by molar-refractivity contribution is -0.384. The molecule has 4 N–H and O–H groups in total. The Hall–Kier alpha value is -2.45. The summed E-state index contributed by atoms with van der Waals surface area (Å²) in [4.78, 5) is 23.4. The number of benzene rings is 1. The Kier molecular flexibility index (Phi) is 4.85. The molecular formula is C13H14N4O3S. The first kappa shape index (κ1) is 14.9. The van der Waals surface area contributed by atoms with Crippen molar-refractivity contribution in [1.29, 1.82) is 0 Å². The number of carbonyl (C=O) groups excluding carboxylic acids is 1. The van der Waals surface area contributed by atoms with Crippen molar-refractivity contribution in [2.24, 2.45) is 5.84 Å². The number of amides is 1. The molecule has 0 radical (unpaired) electrons. The van der Waals surface area contributed by atoms with Crippen LogP contribution in [0.4, 0.5) is 11.4 Å². The zero-order chi connectivity index (χ0) is 15.2. The third-order valence-electron chi connectivity index (χ3n) is 2.85. The van der Waals surface area contributed by atoms with Crippen molar-refractivity contribution in [3.05, 3.63) is 56.3 Å². The van der Waals surface area contributed by atoms with E-state index in [-0.39, 0.29) is 17.3 Å². The Balaban J connectivity index is 2.00. The van der Waals surface area contributed by atoms with E-state index in [1.807, 2.05) is 17.5 Å². The number of carbonyl (C=O) groups is 1. The molecule has 1 amide bonds. The van der Waals surface area contributed by atoms with Crippen molar-refractivity contribution in [1.82, 2.24) is 5.32 Å². The fourth-order valence-corrected chi connectivity index (χ4v) is 2.52. The van der Waals surface area contributed by atoms with Gasteiger partial charge >= 0.3 is 0 Å². The Morgan fingerprint density at radius 1 is 1.38 bits per heavy atom. The maximum absolute atomic E-state index is 12.0. The summed E-state index contributed by atoms with van der Waals surface area (Å²) in [6.45, 7) is 0.502. The molecule has 0 aliphatic carbocycles. The predicted octanol–water partition coefficient (Wildman–Crippen LogP) is 1.91. The topological polar surface area (TPSA) is 110 Å². The van der Waals surface area contributed by atoms with E-state index in [9.17, 15) is 14.9 Å². The van der Waals surface area contributed by atoms with Gasteiger partial charge in [0, 0.05) is 23.1 Å². The van der Waals surface area contributed by atoms with Gasteiger partial charge in [-0.15, -0.1) is 11.3 Å². The van der Waals surface area contributed by atoms with Crippen LogP contribution in [0.15, 0.2) is 35.7 Å². The number of nitro groups is 1. The van der Waals surface area contributed by atoms with Gasteiger partial charge in [-0.25, -0.2) is 0 Å². The fourth-order valence-electron chi connectivity index (χ4n) is 1.81. The third kappa shape index (κ3) is 3.77. The van der Waals surface area contributed by atoms with Crippen molar-refractivity contribution in [2.45, 2.75) is 6.42 Å². The fraction of sp³-hybridized carbons (Fsp3) is 0.154. The van der Waals surface area contributed by atoms with Crippen LogP contribution in [0, 0.1) is 10.1 Å².